The van der Waals surface area contributed by atoms with Crippen LogP contribution in [0.4, 0.5) is 0 Å². The monoisotopic (exact) mass is 291 g/mol. The number of allylic oxidation sites excluding steroid dienone is 3. The third-order valence-corrected chi connectivity index (χ3v) is 4.45. The summed E-state index contributed by atoms with van der Waals surface area (Å²) in [6.07, 6.45) is 7.44. The molecule has 3 rings (SSSR count). The predicted octanol–water partition coefficient (Wildman–Crippen LogP) is 2.17. The summed E-state index contributed by atoms with van der Waals surface area (Å²) >= 11 is 0. The van der Waals surface area contributed by atoms with Crippen LogP contribution in [-0.2, 0) is 4.74 Å². The highest BCUT2D eigenvalue weighted by atomic mass is 16.5. The van der Waals surface area contributed by atoms with Gasteiger partial charge < -0.3 is 20.1 Å². The largest absolute Gasteiger partial charge is 0.494 e. The molecule has 3 unspecified atom stereocenters. The van der Waals surface area contributed by atoms with E-state index in [1.807, 2.05) is 0 Å². The Morgan fingerprint density at radius 2 is 1.86 bits per heavy atom. The van der Waals surface area contributed by atoms with Crippen LogP contribution in [0.5, 0.6) is 11.8 Å². The minimum Gasteiger partial charge on any atom is -0.494 e. The number of ether oxygens (including phenoxy) is 1. The second-order valence-corrected chi connectivity index (χ2v) is 5.61. The maximum absolute atomic E-state index is 10.5. The van der Waals surface area contributed by atoms with Gasteiger partial charge in [-0.05, 0) is 12.8 Å². The van der Waals surface area contributed by atoms with Crippen molar-refractivity contribution in [2.75, 3.05) is 19.8 Å². The Labute approximate surface area is 123 Å². The topological polar surface area (TPSA) is 74.9 Å². The van der Waals surface area contributed by atoms with Crippen LogP contribution in [-0.4, -0.2) is 39.7 Å². The van der Waals surface area contributed by atoms with E-state index >= 15 is 0 Å². The van der Waals surface area contributed by atoms with Crippen molar-refractivity contribution in [2.45, 2.75) is 30.7 Å². The maximum Gasteiger partial charge on any atom is 0.198 e. The molecule has 0 saturated carbocycles. The normalized spacial score (nSPS) is 23.5. The molecule has 3 atom stereocenters. The van der Waals surface area contributed by atoms with Crippen molar-refractivity contribution in [3.05, 3.63) is 35.9 Å². The zero-order chi connectivity index (χ0) is 15.0. The predicted molar refractivity (Wildman–Crippen MR) is 78.8 cm³/mol. The first-order valence-electron chi connectivity index (χ1n) is 7.34. The van der Waals surface area contributed by atoms with E-state index in [9.17, 15) is 10.2 Å². The molecule has 21 heavy (non-hydrogen) atoms. The van der Waals surface area contributed by atoms with Gasteiger partial charge in [-0.1, -0.05) is 18.2 Å². The van der Waals surface area contributed by atoms with E-state index in [-0.39, 0.29) is 42.9 Å². The van der Waals surface area contributed by atoms with Gasteiger partial charge >= 0.3 is 0 Å². The first-order valence-corrected chi connectivity index (χ1v) is 7.34. The molecule has 1 heterocycles. The van der Waals surface area contributed by atoms with Gasteiger partial charge in [-0.25, -0.2) is 0 Å². The SMILES string of the molecule is C=CC(CCOCCO)n1c(O)c2c(c1O)C1C=CC2C1. The van der Waals surface area contributed by atoms with Crippen molar-refractivity contribution in [3.63, 3.8) is 0 Å². The molecule has 1 aromatic heterocycles. The summed E-state index contributed by atoms with van der Waals surface area (Å²) in [5, 5.41) is 29.7. The molecular weight excluding hydrogens is 270 g/mol. The number of fused-ring (bicyclic) bond motifs is 5. The molecule has 1 aromatic rings. The summed E-state index contributed by atoms with van der Waals surface area (Å²) < 4.78 is 6.81. The Kier molecular flexibility index (Phi) is 3.78. The number of aromatic nitrogens is 1. The molecule has 2 aliphatic rings. The highest BCUT2D eigenvalue weighted by molar-refractivity contribution is 5.59. The van der Waals surface area contributed by atoms with E-state index in [1.165, 1.54) is 0 Å². The van der Waals surface area contributed by atoms with Crippen molar-refractivity contribution >= 4 is 0 Å². The first kappa shape index (κ1) is 14.2. The van der Waals surface area contributed by atoms with Gasteiger partial charge in [-0.2, -0.15) is 0 Å². The summed E-state index contributed by atoms with van der Waals surface area (Å²) in [7, 11) is 0. The maximum atomic E-state index is 10.5. The molecule has 0 amide bonds. The number of aliphatic hydroxyl groups is 1. The standard InChI is InChI=1S/C16H21NO4/c1-2-12(5-7-21-8-6-18)17-15(19)13-10-3-4-11(9-10)14(13)16(17)20/h2-4,10-12,18-20H,1,5-9H2. The summed E-state index contributed by atoms with van der Waals surface area (Å²) in [4.78, 5) is 0. The summed E-state index contributed by atoms with van der Waals surface area (Å²) in [5.74, 6) is 0.722. The Bertz CT molecular complexity index is 540. The van der Waals surface area contributed by atoms with Gasteiger partial charge in [0.2, 0.25) is 0 Å². The van der Waals surface area contributed by atoms with E-state index in [1.54, 1.807) is 10.6 Å². The third-order valence-electron chi connectivity index (χ3n) is 4.45. The molecular formula is C16H21NO4. The minimum absolute atomic E-state index is 0.0118. The van der Waals surface area contributed by atoms with Crippen LogP contribution in [0.25, 0.3) is 0 Å². The zero-order valence-corrected chi connectivity index (χ0v) is 11.9. The lowest BCUT2D eigenvalue weighted by molar-refractivity contribution is 0.0855. The molecule has 0 aromatic carbocycles. The average molecular weight is 291 g/mol. The minimum atomic E-state index is -0.228. The zero-order valence-electron chi connectivity index (χ0n) is 11.9. The van der Waals surface area contributed by atoms with E-state index in [4.69, 9.17) is 9.84 Å². The molecule has 114 valence electrons. The Balaban J connectivity index is 1.84. The van der Waals surface area contributed by atoms with E-state index in [2.05, 4.69) is 18.7 Å². The van der Waals surface area contributed by atoms with Gasteiger partial charge in [-0.15, -0.1) is 6.58 Å². The number of hydrogen-bond acceptors (Lipinski definition) is 4. The third kappa shape index (κ3) is 2.17. The van der Waals surface area contributed by atoms with Crippen molar-refractivity contribution in [1.82, 2.24) is 4.57 Å². The average Bonchev–Trinajstić information content (AvgIpc) is 3.15. The number of aromatic hydroxyl groups is 2. The molecule has 5 nitrogen and oxygen atoms in total. The fourth-order valence-electron chi connectivity index (χ4n) is 3.50. The first-order chi connectivity index (χ1) is 10.2. The van der Waals surface area contributed by atoms with Gasteiger partial charge in [0.05, 0.1) is 19.3 Å². The Morgan fingerprint density at radius 3 is 2.38 bits per heavy atom. The van der Waals surface area contributed by atoms with Crippen LogP contribution in [0.2, 0.25) is 0 Å². The lowest BCUT2D eigenvalue weighted by Crippen LogP contribution is -2.11. The second-order valence-electron chi connectivity index (χ2n) is 5.61. The van der Waals surface area contributed by atoms with Gasteiger partial charge in [0.1, 0.15) is 0 Å². The number of aliphatic hydroxyl groups excluding tert-OH is 1. The Hall–Kier alpha value is -1.72. The molecule has 5 heteroatoms. The van der Waals surface area contributed by atoms with Crippen LogP contribution in [0, 0.1) is 0 Å². The van der Waals surface area contributed by atoms with Gasteiger partial charge in [0, 0.05) is 29.6 Å². The molecule has 2 bridgehead atoms. The van der Waals surface area contributed by atoms with E-state index in [0.29, 0.717) is 13.0 Å². The fraction of sp³-hybridized carbons (Fsp3) is 0.500. The van der Waals surface area contributed by atoms with Gasteiger partial charge in [0.25, 0.3) is 0 Å². The molecule has 3 N–H and O–H groups in total. The number of hydrogen-bond donors (Lipinski definition) is 3. The van der Waals surface area contributed by atoms with Crippen LogP contribution in [0.15, 0.2) is 24.8 Å². The van der Waals surface area contributed by atoms with Crippen LogP contribution >= 0.6 is 0 Å². The highest BCUT2D eigenvalue weighted by Crippen LogP contribution is 2.57. The molecule has 2 aliphatic carbocycles. The van der Waals surface area contributed by atoms with Crippen LogP contribution in [0.3, 0.4) is 0 Å². The number of rotatable bonds is 7. The smallest absolute Gasteiger partial charge is 0.198 e. The highest BCUT2D eigenvalue weighted by Gasteiger charge is 2.41. The molecule has 0 radical (unpaired) electrons. The quantitative estimate of drug-likeness (QED) is 0.531. The number of nitrogens with zero attached hydrogens (tertiary/aromatic N) is 1. The lowest BCUT2D eigenvalue weighted by atomic mass is 10.0. The van der Waals surface area contributed by atoms with E-state index in [0.717, 1.165) is 17.5 Å². The molecule has 0 aliphatic heterocycles. The van der Waals surface area contributed by atoms with Gasteiger partial charge in [0.15, 0.2) is 11.8 Å². The molecule has 0 spiro atoms. The van der Waals surface area contributed by atoms with Gasteiger partial charge in [-0.3, -0.25) is 4.57 Å². The summed E-state index contributed by atoms with van der Waals surface area (Å²) in [6.45, 7) is 4.50. The van der Waals surface area contributed by atoms with Crippen molar-refractivity contribution < 1.29 is 20.1 Å². The summed E-state index contributed by atoms with van der Waals surface area (Å²) in [5.41, 5.74) is 1.73. The fourth-order valence-corrected chi connectivity index (χ4v) is 3.50. The molecule has 0 saturated heterocycles. The van der Waals surface area contributed by atoms with E-state index < -0.39 is 0 Å². The van der Waals surface area contributed by atoms with Crippen molar-refractivity contribution in [2.24, 2.45) is 0 Å². The van der Waals surface area contributed by atoms with Crippen LogP contribution < -0.4 is 0 Å². The van der Waals surface area contributed by atoms with Crippen molar-refractivity contribution in [3.8, 4) is 11.8 Å². The lowest BCUT2D eigenvalue weighted by Gasteiger charge is -2.18. The molecule has 0 fully saturated rings. The Morgan fingerprint density at radius 1 is 1.24 bits per heavy atom. The van der Waals surface area contributed by atoms with Crippen LogP contribution in [0.1, 0.15) is 41.8 Å². The second kappa shape index (κ2) is 5.58. The summed E-state index contributed by atoms with van der Waals surface area (Å²) in [6, 6.07) is -0.228. The van der Waals surface area contributed by atoms with Crippen molar-refractivity contribution in [1.29, 1.82) is 0 Å².